The van der Waals surface area contributed by atoms with E-state index in [1.807, 2.05) is 24.3 Å². The van der Waals surface area contributed by atoms with E-state index in [0.717, 1.165) is 11.0 Å². The van der Waals surface area contributed by atoms with Crippen LogP contribution in [0.1, 0.15) is 0 Å². The molecule has 0 spiro atoms. The monoisotopic (exact) mass is 472 g/mol. The Kier molecular flexibility index (Phi) is 25.8. The minimum Gasteiger partial charge on any atom is -0.759 e. The maximum atomic E-state index is 8.52. The summed E-state index contributed by atoms with van der Waals surface area (Å²) in [4.78, 5) is 3.87. The van der Waals surface area contributed by atoms with Crippen molar-refractivity contribution in [2.75, 3.05) is 0 Å². The maximum absolute atomic E-state index is 8.52. The van der Waals surface area contributed by atoms with Gasteiger partial charge in [0.15, 0.2) is 0 Å². The van der Waals surface area contributed by atoms with E-state index in [0.29, 0.717) is 6.67 Å². The van der Waals surface area contributed by atoms with Gasteiger partial charge < -0.3 is 42.0 Å². The molecule has 0 aliphatic carbocycles. The van der Waals surface area contributed by atoms with Crippen LogP contribution < -0.4 is 0 Å². The van der Waals surface area contributed by atoms with Crippen molar-refractivity contribution in [1.82, 2.24) is 29.8 Å². The smallest absolute Gasteiger partial charge is 0.759 e. The molecule has 3 rings (SSSR count). The van der Waals surface area contributed by atoms with Crippen molar-refractivity contribution in [3.63, 3.8) is 0 Å². The van der Waals surface area contributed by atoms with Crippen molar-refractivity contribution in [2.45, 2.75) is 6.67 Å². The molecule has 0 bridgehead atoms. The molecule has 27 heavy (non-hydrogen) atoms. The van der Waals surface area contributed by atoms with Crippen molar-refractivity contribution < 1.29 is 69.9 Å². The first kappa shape index (κ1) is 39.9. The van der Waals surface area contributed by atoms with E-state index in [-0.39, 0.29) is 52.3 Å². The Bertz CT molecular complexity index is 790. The Morgan fingerprint density at radius 3 is 2.00 bits per heavy atom. The molecule has 154 valence electrons. The summed E-state index contributed by atoms with van der Waals surface area (Å²) in [5.41, 5.74) is 1.88. The molecule has 0 saturated carbocycles. The molecule has 0 fully saturated rings. The van der Waals surface area contributed by atoms with Gasteiger partial charge in [-0.15, -0.1) is 5.10 Å². The molecule has 16 nitrogen and oxygen atoms in total. The van der Waals surface area contributed by atoms with Gasteiger partial charge in [-0.2, -0.15) is 5.10 Å². The third-order valence-electron chi connectivity index (χ3n) is 2.17. The van der Waals surface area contributed by atoms with E-state index in [4.69, 9.17) is 17.5 Å². The first-order chi connectivity index (χ1) is 9.43. The number of nitrogens with zero attached hydrogens (tertiary/aromatic N) is 6. The van der Waals surface area contributed by atoms with Gasteiger partial charge in [0.05, 0.1) is 5.52 Å². The summed E-state index contributed by atoms with van der Waals surface area (Å²) in [7, 11) is -5.17. The number of para-hydroxylation sites is 1. The van der Waals surface area contributed by atoms with Crippen LogP contribution in [0.25, 0.3) is 11.0 Å². The molecule has 0 aliphatic heterocycles. The molecule has 3 aromatic rings. The van der Waals surface area contributed by atoms with Crippen LogP contribution >= 0.6 is 0 Å². The number of rotatable bonds is 2. The van der Waals surface area contributed by atoms with Crippen molar-refractivity contribution in [3.05, 3.63) is 36.9 Å². The van der Waals surface area contributed by atoms with Gasteiger partial charge in [-0.3, -0.25) is 8.42 Å². The predicted octanol–water partition coefficient (Wildman–Crippen LogP) is -6.15. The minimum atomic E-state index is -5.17. The third-order valence-corrected chi connectivity index (χ3v) is 2.17. The summed E-state index contributed by atoms with van der Waals surface area (Å²) in [6.07, 6.45) is 3.15. The quantitative estimate of drug-likeness (QED) is 0.148. The first-order valence-electron chi connectivity index (χ1n) is 5.21. The molecule has 2 aromatic heterocycles. The number of fused-ring (bicyclic) bond motifs is 1. The summed E-state index contributed by atoms with van der Waals surface area (Å²) < 4.78 is 37.6. The normalized spacial score (nSPS) is 8.22. The van der Waals surface area contributed by atoms with Crippen LogP contribution in [-0.2, 0) is 58.5 Å². The summed E-state index contributed by atoms with van der Waals surface area (Å²) in [6.45, 7) is 0.528. The second-order valence-electron chi connectivity index (χ2n) is 3.56. The number of benzene rings is 1. The number of hydrogen-bond acceptors (Lipinski definition) is 8. The van der Waals surface area contributed by atoms with Crippen molar-refractivity contribution in [2.24, 2.45) is 0 Å². The molecule has 0 amide bonds. The van der Waals surface area contributed by atoms with Gasteiger partial charge in [-0.25, -0.2) is 14.3 Å². The molecule has 0 unspecified atom stereocenters. The largest absolute Gasteiger partial charge is 2.00 e. The Labute approximate surface area is 165 Å². The average Bonchev–Trinajstić information content (AvgIpc) is 2.98. The number of hydrogen-bond donors (Lipinski definition) is 0. The van der Waals surface area contributed by atoms with Gasteiger partial charge in [0.2, 0.25) is 0 Å². The molecular weight excluding hydrogens is 450 g/mol. The fourth-order valence-corrected chi connectivity index (χ4v) is 1.46. The fraction of sp³-hybridized carbons (Fsp3) is 0.111. The van der Waals surface area contributed by atoms with Crippen LogP contribution in [-0.4, -0.2) is 58.2 Å². The Balaban J connectivity index is -0.0000000839. The molecule has 0 saturated heterocycles. The van der Waals surface area contributed by atoms with E-state index in [2.05, 4.69) is 20.4 Å². The molecule has 1 aromatic carbocycles. The zero-order valence-electron chi connectivity index (χ0n) is 13.9. The van der Waals surface area contributed by atoms with E-state index < -0.39 is 10.4 Å². The van der Waals surface area contributed by atoms with Crippen LogP contribution in [0.2, 0.25) is 0 Å². The standard InChI is InChI=1S/C9H8N6.H2O4S.6H2O.Zn/c1-2-4-9-8(3-1)12-13-15(9)7-14-6-10-5-11-14;1-5(2,3)4;;;;;;;/h1-6H,7H2;(H2,1,2,3,4);6*1H2;/q;;;;;;;;+2/p+2. The Morgan fingerprint density at radius 1 is 1.00 bits per heavy atom. The number of aromatic nitrogens is 6. The molecule has 0 aliphatic rings. The van der Waals surface area contributed by atoms with E-state index in [1.54, 1.807) is 15.7 Å². The second-order valence-corrected chi connectivity index (χ2v) is 4.38. The topological polar surface area (TPSA) is 337 Å². The summed E-state index contributed by atoms with van der Waals surface area (Å²) in [6, 6.07) is 7.81. The van der Waals surface area contributed by atoms with Gasteiger partial charge in [0, 0.05) is 10.4 Å². The molecule has 18 heteroatoms. The molecule has 0 radical (unpaired) electrons. The molecule has 16 N–H and O–H groups in total. The molecular formula is C9H24N6O10SZn+4. The zero-order chi connectivity index (χ0) is 14.6. The van der Waals surface area contributed by atoms with Crippen LogP contribution in [0, 0.1) is 0 Å². The van der Waals surface area contributed by atoms with Crippen molar-refractivity contribution in [3.8, 4) is 0 Å². The molecule has 2 heterocycles. The van der Waals surface area contributed by atoms with Gasteiger partial charge in [0.1, 0.15) is 24.8 Å². The predicted molar refractivity (Wildman–Crippen MR) is 90.1 cm³/mol. The van der Waals surface area contributed by atoms with Crippen molar-refractivity contribution in [1.29, 1.82) is 0 Å². The van der Waals surface area contributed by atoms with Crippen LogP contribution in [0.4, 0.5) is 0 Å². The Morgan fingerprint density at radius 2 is 1.52 bits per heavy atom. The first-order valence-corrected chi connectivity index (χ1v) is 6.54. The van der Waals surface area contributed by atoms with Crippen LogP contribution in [0.15, 0.2) is 36.9 Å². The van der Waals surface area contributed by atoms with Gasteiger partial charge in [-0.05, 0) is 12.1 Å². The van der Waals surface area contributed by atoms with Gasteiger partial charge in [-0.1, -0.05) is 17.3 Å². The fourth-order valence-electron chi connectivity index (χ4n) is 1.46. The van der Waals surface area contributed by atoms with Gasteiger partial charge >= 0.3 is 19.5 Å². The summed E-state index contributed by atoms with van der Waals surface area (Å²) in [5.74, 6) is 0. The SMILES string of the molecule is O.O.O=S(=O)([O-])[O-].[OH3+].[OH3+].[OH3+].[OH3+].[Zn+2].c1ccc2c(c1)nnn2Cn1cncn1. The minimum absolute atomic E-state index is 0. The van der Waals surface area contributed by atoms with E-state index in [1.165, 1.54) is 6.33 Å². The summed E-state index contributed by atoms with van der Waals surface area (Å²) in [5, 5.41) is 12.1. The van der Waals surface area contributed by atoms with E-state index in [9.17, 15) is 0 Å². The van der Waals surface area contributed by atoms with E-state index >= 15 is 0 Å². The average molecular weight is 474 g/mol. The summed E-state index contributed by atoms with van der Waals surface area (Å²) >= 11 is 0. The van der Waals surface area contributed by atoms with Crippen LogP contribution in [0.3, 0.4) is 0 Å². The van der Waals surface area contributed by atoms with Gasteiger partial charge in [0.25, 0.3) is 0 Å². The van der Waals surface area contributed by atoms with Crippen LogP contribution in [0.5, 0.6) is 0 Å². The third kappa shape index (κ3) is 13.8. The zero-order valence-corrected chi connectivity index (χ0v) is 17.7. The maximum Gasteiger partial charge on any atom is 2.00 e. The van der Waals surface area contributed by atoms with Crippen molar-refractivity contribution >= 4 is 21.4 Å². The molecule has 0 atom stereocenters. The Hall–Kier alpha value is -1.99. The second kappa shape index (κ2) is 17.4.